The van der Waals surface area contributed by atoms with Crippen LogP contribution in [0.4, 0.5) is 0 Å². The Morgan fingerprint density at radius 3 is 1.68 bits per heavy atom. The first kappa shape index (κ1) is 14.4. The molecular formula is C18H17N3O. The molecule has 110 valence electrons. The zero-order valence-corrected chi connectivity index (χ0v) is 12.4. The van der Waals surface area contributed by atoms with Crippen molar-refractivity contribution in [2.45, 2.75) is 0 Å². The number of rotatable bonds is 2. The fraction of sp³-hybridized carbons (Fsp3) is 0.167. The van der Waals surface area contributed by atoms with E-state index < -0.39 is 0 Å². The highest BCUT2D eigenvalue weighted by Crippen LogP contribution is 2.20. The molecule has 0 radical (unpaired) electrons. The largest absolute Gasteiger partial charge is 0.298 e. The van der Waals surface area contributed by atoms with E-state index in [1.165, 1.54) is 0 Å². The van der Waals surface area contributed by atoms with Crippen molar-refractivity contribution in [3.8, 4) is 0 Å². The minimum atomic E-state index is 0.117. The molecule has 0 spiro atoms. The average Bonchev–Trinajstić information content (AvgIpc) is 2.54. The smallest absolute Gasteiger partial charge is 0.187 e. The lowest BCUT2D eigenvalue weighted by atomic mass is 9.95. The van der Waals surface area contributed by atoms with Crippen molar-refractivity contribution >= 4 is 17.9 Å². The zero-order chi connectivity index (χ0) is 15.4. The fourth-order valence-electron chi connectivity index (χ4n) is 2.53. The van der Waals surface area contributed by atoms with Crippen LogP contribution in [-0.4, -0.2) is 40.8 Å². The van der Waals surface area contributed by atoms with Gasteiger partial charge >= 0.3 is 0 Å². The third-order valence-corrected chi connectivity index (χ3v) is 3.56. The van der Waals surface area contributed by atoms with E-state index in [1.54, 1.807) is 24.8 Å². The topological polar surface area (TPSA) is 46.1 Å². The van der Waals surface area contributed by atoms with Crippen LogP contribution in [0.2, 0.25) is 0 Å². The lowest BCUT2D eigenvalue weighted by molar-refractivity contribution is -0.113. The van der Waals surface area contributed by atoms with Crippen molar-refractivity contribution < 1.29 is 4.79 Å². The predicted molar refractivity (Wildman–Crippen MR) is 86.9 cm³/mol. The molecular weight excluding hydrogens is 274 g/mol. The van der Waals surface area contributed by atoms with Crippen LogP contribution < -0.4 is 0 Å². The molecule has 22 heavy (non-hydrogen) atoms. The van der Waals surface area contributed by atoms with Gasteiger partial charge in [-0.1, -0.05) is 0 Å². The minimum absolute atomic E-state index is 0.117. The molecule has 0 bridgehead atoms. The highest BCUT2D eigenvalue weighted by atomic mass is 16.1. The molecule has 1 fully saturated rings. The molecule has 3 rings (SSSR count). The Labute approximate surface area is 129 Å². The average molecular weight is 291 g/mol. The number of carbonyl (C=O) groups is 1. The van der Waals surface area contributed by atoms with Gasteiger partial charge in [-0.3, -0.25) is 19.7 Å². The number of hydrogen-bond acceptors (Lipinski definition) is 4. The van der Waals surface area contributed by atoms with Gasteiger partial charge in [0, 0.05) is 49.0 Å². The Kier molecular flexibility index (Phi) is 4.21. The number of nitrogens with zero attached hydrogens (tertiary/aromatic N) is 3. The third kappa shape index (κ3) is 3.35. The minimum Gasteiger partial charge on any atom is -0.298 e. The summed E-state index contributed by atoms with van der Waals surface area (Å²) in [6.07, 6.45) is 10.8. The van der Waals surface area contributed by atoms with Crippen molar-refractivity contribution in [1.29, 1.82) is 0 Å². The number of aromatic nitrogens is 2. The molecule has 0 amide bonds. The van der Waals surface area contributed by atoms with Gasteiger partial charge in [-0.2, -0.15) is 0 Å². The molecule has 0 saturated carbocycles. The van der Waals surface area contributed by atoms with Gasteiger partial charge in [-0.15, -0.1) is 0 Å². The summed E-state index contributed by atoms with van der Waals surface area (Å²) in [7, 11) is 2.02. The molecule has 2 aromatic heterocycles. The maximum atomic E-state index is 12.7. The zero-order valence-electron chi connectivity index (χ0n) is 12.4. The highest BCUT2D eigenvalue weighted by Gasteiger charge is 2.23. The van der Waals surface area contributed by atoms with Crippen LogP contribution in [0.3, 0.4) is 0 Å². The van der Waals surface area contributed by atoms with Crippen LogP contribution in [0.25, 0.3) is 12.2 Å². The van der Waals surface area contributed by atoms with Crippen molar-refractivity contribution in [2.75, 3.05) is 20.1 Å². The Morgan fingerprint density at radius 1 is 0.864 bits per heavy atom. The number of carbonyl (C=O) groups excluding carboxylic acids is 1. The molecule has 4 nitrogen and oxygen atoms in total. The first-order chi connectivity index (χ1) is 10.7. The number of pyridine rings is 2. The second-order valence-electron chi connectivity index (χ2n) is 5.40. The summed E-state index contributed by atoms with van der Waals surface area (Å²) in [6, 6.07) is 7.62. The molecule has 1 saturated heterocycles. The predicted octanol–water partition coefficient (Wildman–Crippen LogP) is 2.46. The first-order valence-corrected chi connectivity index (χ1v) is 7.17. The molecule has 0 atom stereocenters. The SMILES string of the molecule is CN1C/C(=C\c2ccncc2)C(=O)/C(=C/c2ccncc2)C1. The van der Waals surface area contributed by atoms with Crippen molar-refractivity contribution in [2.24, 2.45) is 0 Å². The van der Waals surface area contributed by atoms with Crippen LogP contribution in [0.1, 0.15) is 11.1 Å². The fourth-order valence-corrected chi connectivity index (χ4v) is 2.53. The number of piperidine rings is 1. The van der Waals surface area contributed by atoms with E-state index in [-0.39, 0.29) is 5.78 Å². The van der Waals surface area contributed by atoms with E-state index in [0.717, 1.165) is 22.3 Å². The van der Waals surface area contributed by atoms with Gasteiger partial charge in [0.1, 0.15) is 0 Å². The summed E-state index contributed by atoms with van der Waals surface area (Å²) in [4.78, 5) is 22.8. The highest BCUT2D eigenvalue weighted by molar-refractivity contribution is 6.14. The number of likely N-dealkylation sites (N-methyl/N-ethyl adjacent to an activating group) is 1. The Hall–Kier alpha value is -2.59. The van der Waals surface area contributed by atoms with Crippen LogP contribution >= 0.6 is 0 Å². The lowest BCUT2D eigenvalue weighted by Crippen LogP contribution is -2.34. The molecule has 0 aromatic carbocycles. The monoisotopic (exact) mass is 291 g/mol. The van der Waals surface area contributed by atoms with Gasteiger partial charge in [0.05, 0.1) is 0 Å². The third-order valence-electron chi connectivity index (χ3n) is 3.56. The molecule has 2 aromatic rings. The van der Waals surface area contributed by atoms with E-state index in [4.69, 9.17) is 0 Å². The normalized spacial score (nSPS) is 19.8. The number of likely N-dealkylation sites (tertiary alicyclic amines) is 1. The lowest BCUT2D eigenvalue weighted by Gasteiger charge is -2.26. The van der Waals surface area contributed by atoms with Crippen molar-refractivity contribution in [3.05, 3.63) is 71.3 Å². The quantitative estimate of drug-likeness (QED) is 0.797. The van der Waals surface area contributed by atoms with Gasteiger partial charge in [0.25, 0.3) is 0 Å². The summed E-state index contributed by atoms with van der Waals surface area (Å²) in [6.45, 7) is 1.32. The number of hydrogen-bond donors (Lipinski definition) is 0. The van der Waals surface area contributed by atoms with E-state index >= 15 is 0 Å². The summed E-state index contributed by atoms with van der Waals surface area (Å²) in [5.74, 6) is 0.117. The molecule has 3 heterocycles. The molecule has 1 aliphatic heterocycles. The molecule has 0 N–H and O–H groups in total. The second-order valence-corrected chi connectivity index (χ2v) is 5.40. The van der Waals surface area contributed by atoms with Gasteiger partial charge in [-0.25, -0.2) is 0 Å². The standard InChI is InChI=1S/C18H17N3O/c1-21-12-16(10-14-2-6-19-7-3-14)18(22)17(13-21)11-15-4-8-20-9-5-15/h2-11H,12-13H2,1H3/b16-10+,17-11+. The van der Waals surface area contributed by atoms with Crippen LogP contribution in [-0.2, 0) is 4.79 Å². The van der Waals surface area contributed by atoms with Gasteiger partial charge in [-0.05, 0) is 54.6 Å². The second kappa shape index (κ2) is 6.45. The molecule has 0 unspecified atom stereocenters. The van der Waals surface area contributed by atoms with Gasteiger partial charge in [0.2, 0.25) is 0 Å². The number of ketones is 1. The van der Waals surface area contributed by atoms with Crippen molar-refractivity contribution in [1.82, 2.24) is 14.9 Å². The summed E-state index contributed by atoms with van der Waals surface area (Å²) >= 11 is 0. The van der Waals surface area contributed by atoms with Gasteiger partial charge < -0.3 is 0 Å². The van der Waals surface area contributed by atoms with E-state index in [2.05, 4.69) is 14.9 Å². The molecule has 1 aliphatic rings. The number of Topliss-reactive ketones (excluding diaryl/α,β-unsaturated/α-hetero) is 1. The van der Waals surface area contributed by atoms with Gasteiger partial charge in [0.15, 0.2) is 5.78 Å². The van der Waals surface area contributed by atoms with E-state index in [9.17, 15) is 4.79 Å². The first-order valence-electron chi connectivity index (χ1n) is 7.17. The summed E-state index contributed by atoms with van der Waals surface area (Å²) in [5.41, 5.74) is 3.61. The maximum Gasteiger partial charge on any atom is 0.187 e. The van der Waals surface area contributed by atoms with Crippen LogP contribution in [0.5, 0.6) is 0 Å². The van der Waals surface area contributed by atoms with Crippen molar-refractivity contribution in [3.63, 3.8) is 0 Å². The Bertz CT molecular complexity index is 659. The maximum absolute atomic E-state index is 12.7. The van der Waals surface area contributed by atoms with Crippen LogP contribution in [0, 0.1) is 0 Å². The molecule has 4 heteroatoms. The van der Waals surface area contributed by atoms with E-state index in [1.807, 2.05) is 43.5 Å². The summed E-state index contributed by atoms with van der Waals surface area (Å²) < 4.78 is 0. The van der Waals surface area contributed by atoms with E-state index in [0.29, 0.717) is 13.1 Å². The summed E-state index contributed by atoms with van der Waals surface area (Å²) in [5, 5.41) is 0. The van der Waals surface area contributed by atoms with Crippen LogP contribution in [0.15, 0.2) is 60.2 Å². The Morgan fingerprint density at radius 2 is 1.27 bits per heavy atom. The molecule has 0 aliphatic carbocycles. The Balaban J connectivity index is 1.92.